The maximum atomic E-state index is 12.4. The van der Waals surface area contributed by atoms with Crippen molar-refractivity contribution in [3.63, 3.8) is 0 Å². The average molecular weight is 393 g/mol. The van der Waals surface area contributed by atoms with Gasteiger partial charge < -0.3 is 10.1 Å². The molecule has 3 aromatic rings. The van der Waals surface area contributed by atoms with Crippen LogP contribution in [0.1, 0.15) is 40.0 Å². The highest BCUT2D eigenvalue weighted by atomic mass is 16.5. The number of hydrogen-bond donors (Lipinski definition) is 1. The molecular formula is C21H23N5O3. The summed E-state index contributed by atoms with van der Waals surface area (Å²) in [5.74, 6) is -0.340. The van der Waals surface area contributed by atoms with Crippen LogP contribution in [0, 0.1) is 13.8 Å². The van der Waals surface area contributed by atoms with Gasteiger partial charge in [-0.3, -0.25) is 4.79 Å². The molecule has 0 radical (unpaired) electrons. The van der Waals surface area contributed by atoms with Gasteiger partial charge in [-0.1, -0.05) is 30.3 Å². The predicted molar refractivity (Wildman–Crippen MR) is 107 cm³/mol. The van der Waals surface area contributed by atoms with Crippen LogP contribution in [-0.4, -0.2) is 39.2 Å². The Morgan fingerprint density at radius 3 is 2.66 bits per heavy atom. The normalized spacial score (nSPS) is 11.7. The summed E-state index contributed by atoms with van der Waals surface area (Å²) in [4.78, 5) is 25.3. The molecule has 0 aliphatic carbocycles. The van der Waals surface area contributed by atoms with E-state index in [1.54, 1.807) is 24.3 Å². The minimum absolute atomic E-state index is 0.0567. The second-order valence-corrected chi connectivity index (χ2v) is 6.85. The Bertz CT molecular complexity index is 1040. The number of aryl methyl sites for hydroxylation is 2. The first-order chi connectivity index (χ1) is 13.9. The molecule has 0 spiro atoms. The number of carbonyl (C=O) groups is 2. The summed E-state index contributed by atoms with van der Waals surface area (Å²) in [6.45, 7) is 5.97. The summed E-state index contributed by atoms with van der Waals surface area (Å²) in [6, 6.07) is 12.7. The molecule has 1 amide bonds. The van der Waals surface area contributed by atoms with Crippen molar-refractivity contribution in [2.45, 2.75) is 33.4 Å². The first-order valence-electron chi connectivity index (χ1n) is 9.20. The van der Waals surface area contributed by atoms with Crippen molar-refractivity contribution < 1.29 is 14.3 Å². The number of benzene rings is 2. The minimum atomic E-state index is -0.445. The van der Waals surface area contributed by atoms with Crippen LogP contribution in [0.15, 0.2) is 42.5 Å². The van der Waals surface area contributed by atoms with Crippen LogP contribution < -0.4 is 5.32 Å². The van der Waals surface area contributed by atoms with Crippen molar-refractivity contribution in [2.24, 2.45) is 0 Å². The van der Waals surface area contributed by atoms with Crippen molar-refractivity contribution >= 4 is 11.9 Å². The third-order valence-corrected chi connectivity index (χ3v) is 4.69. The predicted octanol–water partition coefficient (Wildman–Crippen LogP) is 2.62. The molecule has 8 heteroatoms. The molecule has 1 aromatic heterocycles. The molecule has 0 saturated heterocycles. The fourth-order valence-electron chi connectivity index (χ4n) is 2.86. The number of nitrogens with one attached hydrogen (secondary N) is 1. The number of nitrogens with zero attached hydrogens (tertiary/aromatic N) is 4. The molecule has 2 aromatic carbocycles. The van der Waals surface area contributed by atoms with Crippen molar-refractivity contribution in [3.8, 4) is 11.4 Å². The number of ether oxygens (including phenoxy) is 1. The summed E-state index contributed by atoms with van der Waals surface area (Å²) in [5.41, 5.74) is 4.43. The zero-order valence-electron chi connectivity index (χ0n) is 16.8. The smallest absolute Gasteiger partial charge is 0.337 e. The highest BCUT2D eigenvalue weighted by Crippen LogP contribution is 2.17. The van der Waals surface area contributed by atoms with Crippen LogP contribution in [0.5, 0.6) is 0 Å². The Morgan fingerprint density at radius 2 is 1.93 bits per heavy atom. The number of tetrazole rings is 1. The number of esters is 1. The quantitative estimate of drug-likeness (QED) is 0.647. The van der Waals surface area contributed by atoms with E-state index in [-0.39, 0.29) is 18.5 Å². The maximum absolute atomic E-state index is 12.4. The van der Waals surface area contributed by atoms with Gasteiger partial charge in [-0.05, 0) is 54.8 Å². The number of carbonyl (C=O) groups excluding carboxylic acids is 2. The lowest BCUT2D eigenvalue weighted by Crippen LogP contribution is -2.30. The Balaban J connectivity index is 1.66. The molecule has 8 nitrogen and oxygen atoms in total. The molecule has 3 rings (SSSR count). The van der Waals surface area contributed by atoms with E-state index in [1.807, 2.05) is 26.0 Å². The summed E-state index contributed by atoms with van der Waals surface area (Å²) in [7, 11) is 1.32. The topological polar surface area (TPSA) is 99.0 Å². The van der Waals surface area contributed by atoms with Gasteiger partial charge in [0.25, 0.3) is 0 Å². The number of methoxy groups -OCH3 is 1. The first-order valence-corrected chi connectivity index (χ1v) is 9.20. The fraction of sp³-hybridized carbons (Fsp3) is 0.286. The Hall–Kier alpha value is -3.55. The molecule has 1 atom stereocenters. The molecule has 1 N–H and O–H groups in total. The molecule has 0 saturated carbocycles. The van der Waals surface area contributed by atoms with E-state index in [1.165, 1.54) is 23.0 Å². The van der Waals surface area contributed by atoms with Gasteiger partial charge in [0.2, 0.25) is 11.7 Å². The summed E-state index contributed by atoms with van der Waals surface area (Å²) < 4.78 is 4.72. The molecule has 0 bridgehead atoms. The monoisotopic (exact) mass is 393 g/mol. The van der Waals surface area contributed by atoms with Gasteiger partial charge in [0.1, 0.15) is 6.54 Å². The Kier molecular flexibility index (Phi) is 6.01. The van der Waals surface area contributed by atoms with E-state index in [2.05, 4.69) is 33.7 Å². The van der Waals surface area contributed by atoms with E-state index >= 15 is 0 Å². The Labute approximate surface area is 168 Å². The average Bonchev–Trinajstić information content (AvgIpc) is 3.17. The third kappa shape index (κ3) is 4.84. The number of amides is 1. The van der Waals surface area contributed by atoms with E-state index in [0.717, 1.165) is 5.56 Å². The van der Waals surface area contributed by atoms with Crippen LogP contribution in [0.25, 0.3) is 11.4 Å². The number of aromatic nitrogens is 4. The second kappa shape index (κ2) is 8.64. The lowest BCUT2D eigenvalue weighted by Gasteiger charge is -2.15. The van der Waals surface area contributed by atoms with Crippen molar-refractivity contribution in [1.82, 2.24) is 25.5 Å². The van der Waals surface area contributed by atoms with Crippen molar-refractivity contribution in [2.75, 3.05) is 7.11 Å². The Morgan fingerprint density at radius 1 is 1.14 bits per heavy atom. The van der Waals surface area contributed by atoms with E-state index in [4.69, 9.17) is 4.74 Å². The summed E-state index contributed by atoms with van der Waals surface area (Å²) >= 11 is 0. The van der Waals surface area contributed by atoms with E-state index in [9.17, 15) is 9.59 Å². The van der Waals surface area contributed by atoms with Crippen molar-refractivity contribution in [1.29, 1.82) is 0 Å². The van der Waals surface area contributed by atoms with Gasteiger partial charge in [0, 0.05) is 5.56 Å². The molecular weight excluding hydrogens is 370 g/mol. The van der Waals surface area contributed by atoms with E-state index in [0.29, 0.717) is 17.0 Å². The minimum Gasteiger partial charge on any atom is -0.465 e. The highest BCUT2D eigenvalue weighted by molar-refractivity contribution is 5.90. The van der Waals surface area contributed by atoms with Crippen LogP contribution in [0.4, 0.5) is 0 Å². The van der Waals surface area contributed by atoms with Gasteiger partial charge in [-0.25, -0.2) is 4.79 Å². The lowest BCUT2D eigenvalue weighted by molar-refractivity contribution is -0.122. The first kappa shape index (κ1) is 20.2. The fourth-order valence-corrected chi connectivity index (χ4v) is 2.86. The molecule has 1 heterocycles. The van der Waals surface area contributed by atoms with E-state index < -0.39 is 5.97 Å². The van der Waals surface area contributed by atoms with Gasteiger partial charge in [-0.2, -0.15) is 4.80 Å². The lowest BCUT2D eigenvalue weighted by atomic mass is 10.0. The van der Waals surface area contributed by atoms with Crippen molar-refractivity contribution in [3.05, 3.63) is 64.7 Å². The molecule has 0 fully saturated rings. The molecule has 0 aliphatic heterocycles. The van der Waals surface area contributed by atoms with Gasteiger partial charge in [-0.15, -0.1) is 10.2 Å². The zero-order chi connectivity index (χ0) is 21.0. The van der Waals surface area contributed by atoms with Crippen LogP contribution in [-0.2, 0) is 16.1 Å². The summed E-state index contributed by atoms with van der Waals surface area (Å²) in [5, 5.41) is 15.1. The molecule has 29 heavy (non-hydrogen) atoms. The van der Waals surface area contributed by atoms with Gasteiger partial charge >= 0.3 is 5.97 Å². The van der Waals surface area contributed by atoms with Gasteiger partial charge in [0.15, 0.2) is 0 Å². The van der Waals surface area contributed by atoms with Crippen LogP contribution in [0.2, 0.25) is 0 Å². The SMILES string of the molecule is COC(=O)c1cccc(-c2nnn(CC(=O)NC(C)c3ccc(C)c(C)c3)n2)c1. The third-order valence-electron chi connectivity index (χ3n) is 4.69. The number of rotatable bonds is 6. The molecule has 0 aliphatic rings. The maximum Gasteiger partial charge on any atom is 0.337 e. The van der Waals surface area contributed by atoms with Crippen LogP contribution >= 0.6 is 0 Å². The largest absolute Gasteiger partial charge is 0.465 e. The standard InChI is InChI=1S/C21H23N5O3/c1-13-8-9-16(10-14(13)2)15(3)22-19(27)12-26-24-20(23-25-26)17-6-5-7-18(11-17)21(28)29-4/h5-11,15H,12H2,1-4H3,(H,22,27). The molecule has 1 unspecified atom stereocenters. The summed E-state index contributed by atoms with van der Waals surface area (Å²) in [6.07, 6.45) is 0. The molecule has 150 valence electrons. The second-order valence-electron chi connectivity index (χ2n) is 6.85. The van der Waals surface area contributed by atoms with Crippen LogP contribution in [0.3, 0.4) is 0 Å². The zero-order valence-corrected chi connectivity index (χ0v) is 16.8. The highest BCUT2D eigenvalue weighted by Gasteiger charge is 2.14. The number of hydrogen-bond acceptors (Lipinski definition) is 6. The van der Waals surface area contributed by atoms with Gasteiger partial charge in [0.05, 0.1) is 18.7 Å².